The van der Waals surface area contributed by atoms with Gasteiger partial charge in [-0.3, -0.25) is 4.79 Å². The van der Waals surface area contributed by atoms with Crippen LogP contribution in [0.3, 0.4) is 0 Å². The summed E-state index contributed by atoms with van der Waals surface area (Å²) in [4.78, 5) is 13.9. The summed E-state index contributed by atoms with van der Waals surface area (Å²) in [6.07, 6.45) is 1.40. The Morgan fingerprint density at radius 3 is 3.12 bits per heavy atom. The van der Waals surface area contributed by atoms with Crippen molar-refractivity contribution in [2.24, 2.45) is 0 Å². The fourth-order valence-corrected chi connectivity index (χ4v) is 2.02. The van der Waals surface area contributed by atoms with E-state index in [0.29, 0.717) is 13.0 Å². The van der Waals surface area contributed by atoms with Gasteiger partial charge in [-0.1, -0.05) is 12.1 Å². The fourth-order valence-electron chi connectivity index (χ4n) is 2.02. The lowest BCUT2D eigenvalue weighted by Gasteiger charge is -2.22. The van der Waals surface area contributed by atoms with Gasteiger partial charge in [-0.05, 0) is 18.6 Å². The Balaban J connectivity index is 2.19. The smallest absolute Gasteiger partial charge is 0.229 e. The molecule has 17 heavy (non-hydrogen) atoms. The predicted molar refractivity (Wildman–Crippen MR) is 68.4 cm³/mol. The molecule has 0 atom stereocenters. The van der Waals surface area contributed by atoms with E-state index in [1.54, 1.807) is 7.11 Å². The first-order valence-electron chi connectivity index (χ1n) is 5.95. The van der Waals surface area contributed by atoms with E-state index in [1.807, 2.05) is 29.2 Å². The molecule has 92 valence electrons. The lowest BCUT2D eigenvalue weighted by molar-refractivity contribution is -0.119. The van der Waals surface area contributed by atoms with Gasteiger partial charge in [0.2, 0.25) is 5.91 Å². The van der Waals surface area contributed by atoms with Gasteiger partial charge in [-0.15, -0.1) is 0 Å². The number of ether oxygens (including phenoxy) is 1. The SMILES string of the molecule is COCCC(=O)N1CCCNc2ccccc21. The van der Waals surface area contributed by atoms with Crippen LogP contribution >= 0.6 is 0 Å². The van der Waals surface area contributed by atoms with E-state index in [9.17, 15) is 4.79 Å². The van der Waals surface area contributed by atoms with Crippen LogP contribution in [0.25, 0.3) is 0 Å². The van der Waals surface area contributed by atoms with Crippen LogP contribution in [0, 0.1) is 0 Å². The Bertz CT molecular complexity index is 393. The zero-order valence-corrected chi connectivity index (χ0v) is 10.1. The molecule has 4 nitrogen and oxygen atoms in total. The van der Waals surface area contributed by atoms with E-state index >= 15 is 0 Å². The van der Waals surface area contributed by atoms with Crippen LogP contribution in [0.1, 0.15) is 12.8 Å². The maximum atomic E-state index is 12.1. The molecule has 1 aromatic rings. The number of amides is 1. The highest BCUT2D eigenvalue weighted by Gasteiger charge is 2.19. The summed E-state index contributed by atoms with van der Waals surface area (Å²) in [6.45, 7) is 2.16. The second kappa shape index (κ2) is 5.68. The average molecular weight is 234 g/mol. The van der Waals surface area contributed by atoms with Crippen molar-refractivity contribution in [2.75, 3.05) is 37.0 Å². The maximum absolute atomic E-state index is 12.1. The number of nitrogens with zero attached hydrogens (tertiary/aromatic N) is 1. The Labute approximate surface area is 102 Å². The highest BCUT2D eigenvalue weighted by molar-refractivity contribution is 5.97. The molecule has 0 saturated heterocycles. The minimum absolute atomic E-state index is 0.128. The van der Waals surface area contributed by atoms with Crippen LogP contribution in [-0.4, -0.2) is 32.7 Å². The van der Waals surface area contributed by atoms with Crippen molar-refractivity contribution in [2.45, 2.75) is 12.8 Å². The number of methoxy groups -OCH3 is 1. The van der Waals surface area contributed by atoms with E-state index in [2.05, 4.69) is 5.32 Å². The van der Waals surface area contributed by atoms with Gasteiger partial charge in [-0.2, -0.15) is 0 Å². The van der Waals surface area contributed by atoms with Gasteiger partial charge in [0.25, 0.3) is 0 Å². The molecule has 1 aromatic carbocycles. The Morgan fingerprint density at radius 1 is 1.47 bits per heavy atom. The summed E-state index contributed by atoms with van der Waals surface area (Å²) in [5.41, 5.74) is 2.02. The predicted octanol–water partition coefficient (Wildman–Crippen LogP) is 1.87. The zero-order valence-electron chi connectivity index (χ0n) is 10.1. The number of anilines is 2. The second-order valence-corrected chi connectivity index (χ2v) is 4.09. The fraction of sp³-hybridized carbons (Fsp3) is 0.462. The number of carbonyl (C=O) groups excluding carboxylic acids is 1. The van der Waals surface area contributed by atoms with Gasteiger partial charge in [-0.25, -0.2) is 0 Å². The van der Waals surface area contributed by atoms with Crippen LogP contribution in [0.5, 0.6) is 0 Å². The number of nitrogens with one attached hydrogen (secondary N) is 1. The van der Waals surface area contributed by atoms with Gasteiger partial charge >= 0.3 is 0 Å². The quantitative estimate of drug-likeness (QED) is 0.868. The number of hydrogen-bond donors (Lipinski definition) is 1. The number of rotatable bonds is 3. The van der Waals surface area contributed by atoms with Crippen molar-refractivity contribution < 1.29 is 9.53 Å². The molecule has 0 spiro atoms. The molecule has 0 aliphatic carbocycles. The Hall–Kier alpha value is -1.55. The van der Waals surface area contributed by atoms with Crippen LogP contribution in [0.2, 0.25) is 0 Å². The molecule has 1 amide bonds. The van der Waals surface area contributed by atoms with E-state index in [-0.39, 0.29) is 5.91 Å². The van der Waals surface area contributed by atoms with Crippen molar-refractivity contribution in [1.29, 1.82) is 0 Å². The Morgan fingerprint density at radius 2 is 2.29 bits per heavy atom. The van der Waals surface area contributed by atoms with Crippen molar-refractivity contribution in [3.8, 4) is 0 Å². The minimum Gasteiger partial charge on any atom is -0.384 e. The van der Waals surface area contributed by atoms with Gasteiger partial charge < -0.3 is 15.0 Å². The molecule has 1 aliphatic rings. The van der Waals surface area contributed by atoms with Gasteiger partial charge in [0, 0.05) is 20.2 Å². The molecule has 0 unspecified atom stereocenters. The summed E-state index contributed by atoms with van der Waals surface area (Å²) >= 11 is 0. The molecule has 2 rings (SSSR count). The summed E-state index contributed by atoms with van der Waals surface area (Å²) in [5.74, 6) is 0.128. The van der Waals surface area contributed by atoms with Gasteiger partial charge in [0.15, 0.2) is 0 Å². The third kappa shape index (κ3) is 2.77. The molecule has 1 N–H and O–H groups in total. The van der Waals surface area contributed by atoms with Crippen LogP contribution in [-0.2, 0) is 9.53 Å². The molecular weight excluding hydrogens is 216 g/mol. The first kappa shape index (κ1) is 11.9. The molecule has 1 heterocycles. The lowest BCUT2D eigenvalue weighted by atomic mass is 10.2. The molecule has 0 radical (unpaired) electrons. The minimum atomic E-state index is 0.128. The van der Waals surface area contributed by atoms with Crippen LogP contribution < -0.4 is 10.2 Å². The number of fused-ring (bicyclic) bond motifs is 1. The second-order valence-electron chi connectivity index (χ2n) is 4.09. The molecule has 4 heteroatoms. The molecular formula is C13H18N2O2. The van der Waals surface area contributed by atoms with E-state index in [0.717, 1.165) is 30.9 Å². The number of hydrogen-bond acceptors (Lipinski definition) is 3. The highest BCUT2D eigenvalue weighted by atomic mass is 16.5. The summed E-state index contributed by atoms with van der Waals surface area (Å²) in [5, 5.41) is 3.34. The molecule has 1 aliphatic heterocycles. The first-order chi connectivity index (χ1) is 8.33. The summed E-state index contributed by atoms with van der Waals surface area (Å²) in [6, 6.07) is 7.94. The third-order valence-electron chi connectivity index (χ3n) is 2.89. The monoisotopic (exact) mass is 234 g/mol. The largest absolute Gasteiger partial charge is 0.384 e. The van der Waals surface area contributed by atoms with E-state index < -0.39 is 0 Å². The average Bonchev–Trinajstić information content (AvgIpc) is 2.58. The van der Waals surface area contributed by atoms with Gasteiger partial charge in [0.05, 0.1) is 24.4 Å². The van der Waals surface area contributed by atoms with E-state index in [1.165, 1.54) is 0 Å². The standard InChI is InChI=1S/C13H18N2O2/c1-17-10-7-13(16)15-9-4-8-14-11-5-2-3-6-12(11)15/h2-3,5-6,14H,4,7-10H2,1H3. The molecule has 0 aromatic heterocycles. The summed E-state index contributed by atoms with van der Waals surface area (Å²) < 4.78 is 4.96. The molecule has 0 saturated carbocycles. The normalized spacial score (nSPS) is 14.8. The summed E-state index contributed by atoms with van der Waals surface area (Å²) in [7, 11) is 1.62. The molecule has 0 fully saturated rings. The Kier molecular flexibility index (Phi) is 3.98. The van der Waals surface area contributed by atoms with Crippen molar-refractivity contribution in [3.63, 3.8) is 0 Å². The van der Waals surface area contributed by atoms with Crippen LogP contribution in [0.15, 0.2) is 24.3 Å². The lowest BCUT2D eigenvalue weighted by Crippen LogP contribution is -2.32. The zero-order chi connectivity index (χ0) is 12.1. The molecule has 0 bridgehead atoms. The van der Waals surface area contributed by atoms with Crippen LogP contribution in [0.4, 0.5) is 11.4 Å². The van der Waals surface area contributed by atoms with Crippen molar-refractivity contribution >= 4 is 17.3 Å². The third-order valence-corrected chi connectivity index (χ3v) is 2.89. The topological polar surface area (TPSA) is 41.6 Å². The first-order valence-corrected chi connectivity index (χ1v) is 5.95. The number of carbonyl (C=O) groups is 1. The van der Waals surface area contributed by atoms with Crippen molar-refractivity contribution in [3.05, 3.63) is 24.3 Å². The number of para-hydroxylation sites is 2. The van der Waals surface area contributed by atoms with E-state index in [4.69, 9.17) is 4.74 Å². The maximum Gasteiger partial charge on any atom is 0.229 e. The highest BCUT2D eigenvalue weighted by Crippen LogP contribution is 2.28. The van der Waals surface area contributed by atoms with Crippen molar-refractivity contribution in [1.82, 2.24) is 0 Å². The van der Waals surface area contributed by atoms with Gasteiger partial charge in [0.1, 0.15) is 0 Å². The number of benzene rings is 1.